The summed E-state index contributed by atoms with van der Waals surface area (Å²) in [6.45, 7) is 5.85. The third kappa shape index (κ3) is 16.2. The summed E-state index contributed by atoms with van der Waals surface area (Å²) >= 11 is -2.44. The van der Waals surface area contributed by atoms with Crippen LogP contribution in [0.2, 0.25) is 0 Å². The highest BCUT2D eigenvalue weighted by molar-refractivity contribution is 7.74. The summed E-state index contributed by atoms with van der Waals surface area (Å²) in [5.74, 6) is 0. The van der Waals surface area contributed by atoms with Crippen LogP contribution in [0.25, 0.3) is 0 Å². The number of hydrogen-bond acceptors (Lipinski definition) is 4. The van der Waals surface area contributed by atoms with E-state index in [2.05, 4.69) is 13.8 Å². The van der Waals surface area contributed by atoms with Crippen LogP contribution in [-0.2, 0) is 15.6 Å². The first-order valence-corrected chi connectivity index (χ1v) is 9.73. The quantitative estimate of drug-likeness (QED) is 0.234. The van der Waals surface area contributed by atoms with E-state index in [9.17, 15) is 8.76 Å². The molecule has 4 nitrogen and oxygen atoms in total. The van der Waals surface area contributed by atoms with Gasteiger partial charge in [0, 0.05) is 13.1 Å². The highest BCUT2D eigenvalue weighted by Gasteiger charge is 2.05. The van der Waals surface area contributed by atoms with Crippen molar-refractivity contribution in [2.24, 2.45) is 0 Å². The summed E-state index contributed by atoms with van der Waals surface area (Å²) in [7, 11) is 0. The lowest BCUT2D eigenvalue weighted by molar-refractivity contribution is -0.0559. The molecule has 1 unspecified atom stereocenters. The largest absolute Gasteiger partial charge is 0.748 e. The fourth-order valence-corrected chi connectivity index (χ4v) is 2.73. The molecule has 0 spiro atoms. The zero-order chi connectivity index (χ0) is 15.8. The normalized spacial score (nSPS) is 13.0. The molecular formula is C16H34NO3S-. The summed E-state index contributed by atoms with van der Waals surface area (Å²) in [5, 5.41) is 1.61. The smallest absolute Gasteiger partial charge is 0.106 e. The molecule has 0 radical (unpaired) electrons. The van der Waals surface area contributed by atoms with Gasteiger partial charge in [0.2, 0.25) is 0 Å². The molecular weight excluding hydrogens is 286 g/mol. The van der Waals surface area contributed by atoms with Crippen LogP contribution in [-0.4, -0.2) is 26.9 Å². The Kier molecular flexibility index (Phi) is 16.4. The van der Waals surface area contributed by atoms with E-state index in [4.69, 9.17) is 4.28 Å². The average molecular weight is 321 g/mol. The number of unbranched alkanes of at least 4 members (excludes halogenated alkanes) is 10. The van der Waals surface area contributed by atoms with Crippen molar-refractivity contribution in [3.8, 4) is 0 Å². The van der Waals surface area contributed by atoms with Crippen LogP contribution >= 0.6 is 0 Å². The topological polar surface area (TPSA) is 52.6 Å². The lowest BCUT2D eigenvalue weighted by Gasteiger charge is -2.22. The third-order valence-corrected chi connectivity index (χ3v) is 4.02. The van der Waals surface area contributed by atoms with E-state index in [-0.39, 0.29) is 0 Å². The zero-order valence-electron chi connectivity index (χ0n) is 14.0. The van der Waals surface area contributed by atoms with Crippen molar-refractivity contribution < 1.29 is 13.0 Å². The maximum atomic E-state index is 10.7. The number of rotatable bonds is 16. The minimum atomic E-state index is -2.44. The van der Waals surface area contributed by atoms with Gasteiger partial charge in [-0.25, -0.2) is 8.49 Å². The highest BCUT2D eigenvalue weighted by atomic mass is 32.2. The maximum absolute atomic E-state index is 10.7. The van der Waals surface area contributed by atoms with Crippen LogP contribution in [0, 0.1) is 0 Å². The van der Waals surface area contributed by atoms with Crippen molar-refractivity contribution in [2.75, 3.05) is 13.1 Å². The first-order valence-electron chi connectivity index (χ1n) is 8.73. The molecule has 0 aromatic rings. The Balaban J connectivity index is 3.64. The minimum Gasteiger partial charge on any atom is -0.748 e. The Morgan fingerprint density at radius 2 is 1.14 bits per heavy atom. The average Bonchev–Trinajstić information content (AvgIpc) is 2.45. The fraction of sp³-hybridized carbons (Fsp3) is 1.00. The van der Waals surface area contributed by atoms with Crippen molar-refractivity contribution in [1.82, 2.24) is 5.06 Å². The van der Waals surface area contributed by atoms with Gasteiger partial charge in [0.1, 0.15) is 11.4 Å². The van der Waals surface area contributed by atoms with Gasteiger partial charge in [-0.05, 0) is 12.8 Å². The standard InChI is InChI=1S/C16H35NO3S/c1-3-5-7-9-11-13-15-17(20-21(18)19)16-14-12-10-8-6-4-2/h3-16H2,1-2H3,(H,18,19)/p-1. The van der Waals surface area contributed by atoms with E-state index in [1.54, 1.807) is 5.06 Å². The van der Waals surface area contributed by atoms with Crippen molar-refractivity contribution in [3.63, 3.8) is 0 Å². The molecule has 0 aromatic heterocycles. The Bertz CT molecular complexity index is 224. The van der Waals surface area contributed by atoms with Gasteiger partial charge in [-0.1, -0.05) is 78.1 Å². The SMILES string of the molecule is CCCCCCCCN(CCCCCCCC)OS(=O)[O-]. The second-order valence-electron chi connectivity index (χ2n) is 5.74. The number of hydroxylamine groups is 2. The summed E-state index contributed by atoms with van der Waals surface area (Å²) < 4.78 is 26.2. The van der Waals surface area contributed by atoms with Crippen LogP contribution in [0.5, 0.6) is 0 Å². The lowest BCUT2D eigenvalue weighted by Crippen LogP contribution is -2.27. The van der Waals surface area contributed by atoms with Crippen LogP contribution in [0.15, 0.2) is 0 Å². The maximum Gasteiger partial charge on any atom is 0.106 e. The molecule has 0 aliphatic rings. The molecule has 0 aliphatic heterocycles. The van der Waals surface area contributed by atoms with Crippen LogP contribution < -0.4 is 0 Å². The molecule has 0 saturated carbocycles. The van der Waals surface area contributed by atoms with Crippen LogP contribution in [0.1, 0.15) is 90.9 Å². The molecule has 0 aromatic carbocycles. The number of hydrogen-bond donors (Lipinski definition) is 0. The van der Waals surface area contributed by atoms with E-state index in [0.717, 1.165) is 38.8 Å². The molecule has 0 heterocycles. The van der Waals surface area contributed by atoms with Gasteiger partial charge >= 0.3 is 0 Å². The van der Waals surface area contributed by atoms with Gasteiger partial charge in [0.05, 0.1) is 0 Å². The van der Waals surface area contributed by atoms with E-state index >= 15 is 0 Å². The van der Waals surface area contributed by atoms with E-state index in [0.29, 0.717) is 0 Å². The molecule has 128 valence electrons. The first kappa shape index (κ1) is 21.0. The van der Waals surface area contributed by atoms with Gasteiger partial charge in [-0.15, -0.1) is 0 Å². The molecule has 0 amide bonds. The zero-order valence-corrected chi connectivity index (χ0v) is 14.8. The van der Waals surface area contributed by atoms with Gasteiger partial charge < -0.3 is 4.55 Å². The monoisotopic (exact) mass is 320 g/mol. The van der Waals surface area contributed by atoms with Crippen molar-refractivity contribution in [1.29, 1.82) is 0 Å². The van der Waals surface area contributed by atoms with Gasteiger partial charge in [0.25, 0.3) is 0 Å². The van der Waals surface area contributed by atoms with Crippen molar-refractivity contribution in [2.45, 2.75) is 90.9 Å². The molecule has 0 aliphatic carbocycles. The summed E-state index contributed by atoms with van der Waals surface area (Å²) in [4.78, 5) is 0. The van der Waals surface area contributed by atoms with Gasteiger partial charge in [-0.3, -0.25) is 0 Å². The van der Waals surface area contributed by atoms with Crippen molar-refractivity contribution in [3.05, 3.63) is 0 Å². The first-order chi connectivity index (χ1) is 10.2. The Morgan fingerprint density at radius 3 is 1.52 bits per heavy atom. The molecule has 0 saturated heterocycles. The van der Waals surface area contributed by atoms with Gasteiger partial charge in [-0.2, -0.15) is 5.06 Å². The molecule has 0 rings (SSSR count). The van der Waals surface area contributed by atoms with Crippen LogP contribution in [0.4, 0.5) is 0 Å². The number of nitrogens with zero attached hydrogens (tertiary/aromatic N) is 1. The highest BCUT2D eigenvalue weighted by Crippen LogP contribution is 2.09. The Morgan fingerprint density at radius 1 is 0.762 bits per heavy atom. The van der Waals surface area contributed by atoms with E-state index in [1.807, 2.05) is 0 Å². The minimum absolute atomic E-state index is 0.717. The molecule has 0 bridgehead atoms. The predicted octanol–water partition coefficient (Wildman–Crippen LogP) is 4.74. The third-order valence-electron chi connectivity index (χ3n) is 3.69. The molecule has 21 heavy (non-hydrogen) atoms. The fourth-order valence-electron chi connectivity index (χ4n) is 2.41. The molecule has 5 heteroatoms. The molecule has 0 N–H and O–H groups in total. The lowest BCUT2D eigenvalue weighted by atomic mass is 10.1. The van der Waals surface area contributed by atoms with Crippen molar-refractivity contribution >= 4 is 11.4 Å². The Labute approximate surface area is 134 Å². The van der Waals surface area contributed by atoms with E-state index < -0.39 is 11.4 Å². The van der Waals surface area contributed by atoms with E-state index in [1.165, 1.54) is 51.4 Å². The molecule has 1 atom stereocenters. The summed E-state index contributed by atoms with van der Waals surface area (Å²) in [5.41, 5.74) is 0. The summed E-state index contributed by atoms with van der Waals surface area (Å²) in [6.07, 6.45) is 14.5. The second-order valence-corrected chi connectivity index (χ2v) is 6.30. The Hall–Kier alpha value is 0.0300. The van der Waals surface area contributed by atoms with Gasteiger partial charge in [0.15, 0.2) is 0 Å². The molecule has 0 fully saturated rings. The van der Waals surface area contributed by atoms with Crippen LogP contribution in [0.3, 0.4) is 0 Å². The predicted molar refractivity (Wildman–Crippen MR) is 88.3 cm³/mol. The summed E-state index contributed by atoms with van der Waals surface area (Å²) in [6, 6.07) is 0. The second kappa shape index (κ2) is 16.4.